The number of rotatable bonds is 2. The van der Waals surface area contributed by atoms with Crippen LogP contribution in [-0.2, 0) is 9.53 Å². The molecule has 2 fully saturated rings. The lowest BCUT2D eigenvalue weighted by molar-refractivity contribution is -0.131. The summed E-state index contributed by atoms with van der Waals surface area (Å²) in [4.78, 5) is 12.6. The van der Waals surface area contributed by atoms with E-state index in [1.807, 2.05) is 0 Å². The van der Waals surface area contributed by atoms with Crippen molar-refractivity contribution in [1.82, 2.24) is 0 Å². The third kappa shape index (κ3) is 1.88. The average molecular weight is 300 g/mol. The topological polar surface area (TPSA) is 26.3 Å². The van der Waals surface area contributed by atoms with Crippen LogP contribution in [0.1, 0.15) is 64.7 Å². The second-order valence-corrected chi connectivity index (χ2v) is 7.81. The van der Waals surface area contributed by atoms with Gasteiger partial charge in [-0.05, 0) is 68.8 Å². The maximum atomic E-state index is 12.6. The first-order valence-corrected chi connectivity index (χ1v) is 9.16. The summed E-state index contributed by atoms with van der Waals surface area (Å²) in [5, 5.41) is 0. The van der Waals surface area contributed by atoms with Gasteiger partial charge in [-0.3, -0.25) is 4.79 Å². The lowest BCUT2D eigenvalue weighted by Crippen LogP contribution is -2.45. The molecule has 0 aromatic heterocycles. The van der Waals surface area contributed by atoms with Gasteiger partial charge >= 0.3 is 0 Å². The highest BCUT2D eigenvalue weighted by Gasteiger charge is 2.56. The Morgan fingerprint density at radius 1 is 1.27 bits per heavy atom. The molecule has 4 atom stereocenters. The van der Waals surface area contributed by atoms with Gasteiger partial charge < -0.3 is 4.74 Å². The van der Waals surface area contributed by atoms with Gasteiger partial charge in [0.2, 0.25) is 0 Å². The summed E-state index contributed by atoms with van der Waals surface area (Å²) in [6, 6.07) is 0. The molecular weight excluding hydrogens is 272 g/mol. The minimum Gasteiger partial charge on any atom is -0.501 e. The molecule has 2 nitrogen and oxygen atoms in total. The molecule has 0 N–H and O–H groups in total. The molecule has 0 spiro atoms. The third-order valence-corrected chi connectivity index (χ3v) is 7.39. The molecule has 22 heavy (non-hydrogen) atoms. The predicted octanol–water partition coefficient (Wildman–Crippen LogP) is 4.80. The Bertz CT molecular complexity index is 556. The van der Waals surface area contributed by atoms with Crippen molar-refractivity contribution in [3.8, 4) is 0 Å². The molecule has 0 aromatic carbocycles. The molecule has 0 heterocycles. The monoisotopic (exact) mass is 300 g/mol. The van der Waals surface area contributed by atoms with E-state index in [4.69, 9.17) is 4.74 Å². The van der Waals surface area contributed by atoms with Crippen LogP contribution in [0.4, 0.5) is 0 Å². The summed E-state index contributed by atoms with van der Waals surface area (Å²) < 4.78 is 5.48. The van der Waals surface area contributed by atoms with E-state index in [1.54, 1.807) is 18.3 Å². The molecular formula is C20H28O2. The van der Waals surface area contributed by atoms with E-state index in [0.717, 1.165) is 56.1 Å². The lowest BCUT2D eigenvalue weighted by atomic mass is 9.53. The van der Waals surface area contributed by atoms with Crippen molar-refractivity contribution in [3.63, 3.8) is 0 Å². The van der Waals surface area contributed by atoms with Gasteiger partial charge in [0.1, 0.15) is 5.78 Å². The molecule has 0 bridgehead atoms. The SMILES string of the molecule is CC[C@]12CC[C@@H]3C4=C(CC[C@@H]3[C@@H]1CCC2=O)CC(OC)=CC4. The van der Waals surface area contributed by atoms with E-state index in [-0.39, 0.29) is 5.41 Å². The normalized spacial score (nSPS) is 40.7. The summed E-state index contributed by atoms with van der Waals surface area (Å²) >= 11 is 0. The lowest BCUT2D eigenvalue weighted by Gasteiger charge is -2.50. The molecule has 2 saturated carbocycles. The van der Waals surface area contributed by atoms with Crippen molar-refractivity contribution < 1.29 is 9.53 Å². The Morgan fingerprint density at radius 2 is 2.14 bits per heavy atom. The number of Topliss-reactive ketones (excluding diaryl/α,β-unsaturated/α-hetero) is 1. The fourth-order valence-electron chi connectivity index (χ4n) is 6.27. The highest BCUT2D eigenvalue weighted by Crippen LogP contribution is 2.61. The van der Waals surface area contributed by atoms with E-state index < -0.39 is 0 Å². The van der Waals surface area contributed by atoms with Gasteiger partial charge in [-0.1, -0.05) is 18.1 Å². The van der Waals surface area contributed by atoms with Gasteiger partial charge in [0.05, 0.1) is 12.9 Å². The number of methoxy groups -OCH3 is 1. The average Bonchev–Trinajstić information content (AvgIpc) is 2.91. The molecule has 0 aliphatic heterocycles. The van der Waals surface area contributed by atoms with Gasteiger partial charge in [0.25, 0.3) is 0 Å². The van der Waals surface area contributed by atoms with Gasteiger partial charge in [-0.15, -0.1) is 0 Å². The highest BCUT2D eigenvalue weighted by atomic mass is 16.5. The Labute approximate surface area is 134 Å². The molecule has 0 amide bonds. The molecule has 4 rings (SSSR count). The number of ketones is 1. The smallest absolute Gasteiger partial charge is 0.139 e. The zero-order valence-electron chi connectivity index (χ0n) is 14.0. The largest absolute Gasteiger partial charge is 0.501 e. The van der Waals surface area contributed by atoms with Crippen LogP contribution in [0.3, 0.4) is 0 Å². The summed E-state index contributed by atoms with van der Waals surface area (Å²) in [5.74, 6) is 3.95. The number of hydrogen-bond donors (Lipinski definition) is 0. The van der Waals surface area contributed by atoms with Crippen LogP contribution >= 0.6 is 0 Å². The van der Waals surface area contributed by atoms with Crippen molar-refractivity contribution >= 4 is 5.78 Å². The summed E-state index contributed by atoms with van der Waals surface area (Å²) in [6.07, 6.45) is 12.4. The Kier molecular flexibility index (Phi) is 3.47. The number of allylic oxidation sites excluding steroid dienone is 3. The maximum Gasteiger partial charge on any atom is 0.139 e. The minimum absolute atomic E-state index is 0.0570. The van der Waals surface area contributed by atoms with E-state index in [0.29, 0.717) is 11.7 Å². The van der Waals surface area contributed by atoms with Crippen molar-refractivity contribution in [2.45, 2.75) is 64.7 Å². The zero-order chi connectivity index (χ0) is 15.3. The molecule has 0 radical (unpaired) electrons. The molecule has 0 saturated heterocycles. The first-order valence-electron chi connectivity index (χ1n) is 9.16. The number of carbonyl (C=O) groups is 1. The molecule has 4 aliphatic rings. The Morgan fingerprint density at radius 3 is 2.91 bits per heavy atom. The van der Waals surface area contributed by atoms with E-state index in [1.165, 1.54) is 19.3 Å². The van der Waals surface area contributed by atoms with Crippen molar-refractivity contribution in [2.75, 3.05) is 7.11 Å². The van der Waals surface area contributed by atoms with E-state index in [2.05, 4.69) is 13.0 Å². The summed E-state index contributed by atoms with van der Waals surface area (Å²) in [7, 11) is 1.80. The van der Waals surface area contributed by atoms with Gasteiger partial charge in [0.15, 0.2) is 0 Å². The molecule has 2 heteroatoms. The molecule has 4 aliphatic carbocycles. The van der Waals surface area contributed by atoms with Crippen LogP contribution in [0, 0.1) is 23.2 Å². The summed E-state index contributed by atoms with van der Waals surface area (Å²) in [5.41, 5.74) is 3.44. The Balaban J connectivity index is 1.63. The fourth-order valence-corrected chi connectivity index (χ4v) is 6.27. The van der Waals surface area contributed by atoms with Gasteiger partial charge in [-0.2, -0.15) is 0 Å². The van der Waals surface area contributed by atoms with Gasteiger partial charge in [0, 0.05) is 18.3 Å². The van der Waals surface area contributed by atoms with Crippen LogP contribution in [0.5, 0.6) is 0 Å². The second kappa shape index (κ2) is 5.25. The maximum absolute atomic E-state index is 12.6. The first-order chi connectivity index (χ1) is 10.7. The van der Waals surface area contributed by atoms with Crippen molar-refractivity contribution in [2.24, 2.45) is 23.2 Å². The van der Waals surface area contributed by atoms with Crippen molar-refractivity contribution in [1.29, 1.82) is 0 Å². The number of ether oxygens (including phenoxy) is 1. The fraction of sp³-hybridized carbons (Fsp3) is 0.750. The number of hydrogen-bond acceptors (Lipinski definition) is 2. The number of fused-ring (bicyclic) bond motifs is 4. The highest BCUT2D eigenvalue weighted by molar-refractivity contribution is 5.87. The van der Waals surface area contributed by atoms with Crippen LogP contribution in [-0.4, -0.2) is 12.9 Å². The minimum atomic E-state index is 0.0570. The van der Waals surface area contributed by atoms with Crippen molar-refractivity contribution in [3.05, 3.63) is 23.0 Å². The van der Waals surface area contributed by atoms with Crippen LogP contribution in [0.15, 0.2) is 23.0 Å². The first kappa shape index (κ1) is 14.5. The number of carbonyl (C=O) groups excluding carboxylic acids is 1. The Hall–Kier alpha value is -1.05. The zero-order valence-corrected chi connectivity index (χ0v) is 14.0. The standard InChI is InChI=1S/C20H28O2/c1-3-20-11-10-16-15-7-5-14(22-2)12-13(15)4-6-17(16)18(20)8-9-19(20)21/h5,16-18H,3-4,6-12H2,1-2H3/t16-,17+,18+,20+/m1/s1. The van der Waals surface area contributed by atoms with E-state index in [9.17, 15) is 4.79 Å². The molecule has 0 aromatic rings. The van der Waals surface area contributed by atoms with Crippen LogP contribution in [0.25, 0.3) is 0 Å². The van der Waals surface area contributed by atoms with Crippen LogP contribution in [0.2, 0.25) is 0 Å². The molecule has 120 valence electrons. The quantitative estimate of drug-likeness (QED) is 0.685. The van der Waals surface area contributed by atoms with Crippen LogP contribution < -0.4 is 0 Å². The second-order valence-electron chi connectivity index (χ2n) is 7.81. The van der Waals surface area contributed by atoms with E-state index >= 15 is 0 Å². The summed E-state index contributed by atoms with van der Waals surface area (Å²) in [6.45, 7) is 2.25. The molecule has 0 unspecified atom stereocenters. The van der Waals surface area contributed by atoms with Gasteiger partial charge in [-0.25, -0.2) is 0 Å². The predicted molar refractivity (Wildman–Crippen MR) is 87.3 cm³/mol. The third-order valence-electron chi connectivity index (χ3n) is 7.39.